The van der Waals surface area contributed by atoms with Crippen molar-refractivity contribution < 1.29 is 9.53 Å². The van der Waals surface area contributed by atoms with E-state index in [1.54, 1.807) is 6.07 Å². The van der Waals surface area contributed by atoms with E-state index in [1.165, 1.54) is 10.8 Å². The van der Waals surface area contributed by atoms with Crippen LogP contribution in [0.4, 0.5) is 0 Å². The van der Waals surface area contributed by atoms with Crippen LogP contribution in [0, 0.1) is 0 Å². The lowest BCUT2D eigenvalue weighted by molar-refractivity contribution is -0.123. The number of amides is 1. The number of benzene rings is 1. The van der Waals surface area contributed by atoms with Gasteiger partial charge in [-0.05, 0) is 31.9 Å². The van der Waals surface area contributed by atoms with Gasteiger partial charge in [-0.3, -0.25) is 14.2 Å². The standard InChI is InChI=1S/C16H19N3O3/c1-11(14-7-4-8-22-14)18-15(20)10-19-13-6-3-2-5-12(13)17-9-16(19)21/h2-3,5-6,9,11,14H,4,7-8,10H2,1H3,(H,18,20)/t11-,14+/m1/s1. The third-order valence-electron chi connectivity index (χ3n) is 3.97. The maximum absolute atomic E-state index is 12.2. The van der Waals surface area contributed by atoms with Crippen LogP contribution in [-0.2, 0) is 16.1 Å². The van der Waals surface area contributed by atoms with E-state index < -0.39 is 0 Å². The molecule has 1 aromatic carbocycles. The first kappa shape index (κ1) is 14.7. The summed E-state index contributed by atoms with van der Waals surface area (Å²) in [5, 5.41) is 2.92. The van der Waals surface area contributed by atoms with Crippen molar-refractivity contribution in [2.24, 2.45) is 0 Å². The Morgan fingerprint density at radius 2 is 2.32 bits per heavy atom. The van der Waals surface area contributed by atoms with E-state index in [-0.39, 0.29) is 30.2 Å². The number of carbonyl (C=O) groups excluding carboxylic acids is 1. The van der Waals surface area contributed by atoms with Gasteiger partial charge in [0, 0.05) is 6.61 Å². The van der Waals surface area contributed by atoms with Crippen LogP contribution < -0.4 is 10.9 Å². The Morgan fingerprint density at radius 1 is 1.50 bits per heavy atom. The second-order valence-corrected chi connectivity index (χ2v) is 5.58. The highest BCUT2D eigenvalue weighted by atomic mass is 16.5. The molecule has 1 N–H and O–H groups in total. The second kappa shape index (κ2) is 6.27. The second-order valence-electron chi connectivity index (χ2n) is 5.58. The summed E-state index contributed by atoms with van der Waals surface area (Å²) < 4.78 is 7.01. The molecule has 2 heterocycles. The normalized spacial score (nSPS) is 19.2. The molecule has 2 aromatic rings. The molecule has 6 nitrogen and oxygen atoms in total. The zero-order valence-electron chi connectivity index (χ0n) is 12.5. The Labute approximate surface area is 128 Å². The minimum atomic E-state index is -0.279. The molecule has 1 saturated heterocycles. The summed E-state index contributed by atoms with van der Waals surface area (Å²) in [6.07, 6.45) is 3.30. The van der Waals surface area contributed by atoms with Gasteiger partial charge in [0.2, 0.25) is 5.91 Å². The number of fused-ring (bicyclic) bond motifs is 1. The Balaban J connectivity index is 1.76. The van der Waals surface area contributed by atoms with Crippen LogP contribution in [-0.4, -0.2) is 34.2 Å². The van der Waals surface area contributed by atoms with Gasteiger partial charge < -0.3 is 10.1 Å². The highest BCUT2D eigenvalue weighted by Gasteiger charge is 2.23. The van der Waals surface area contributed by atoms with E-state index in [1.807, 2.05) is 25.1 Å². The van der Waals surface area contributed by atoms with Crippen molar-refractivity contribution in [1.82, 2.24) is 14.9 Å². The van der Waals surface area contributed by atoms with Gasteiger partial charge in [-0.1, -0.05) is 12.1 Å². The van der Waals surface area contributed by atoms with E-state index in [0.717, 1.165) is 19.4 Å². The minimum Gasteiger partial charge on any atom is -0.376 e. The fraction of sp³-hybridized carbons (Fsp3) is 0.438. The zero-order valence-corrected chi connectivity index (χ0v) is 12.5. The largest absolute Gasteiger partial charge is 0.376 e. The number of nitrogens with zero attached hydrogens (tertiary/aromatic N) is 2. The van der Waals surface area contributed by atoms with Gasteiger partial charge >= 0.3 is 0 Å². The third kappa shape index (κ3) is 3.01. The van der Waals surface area contributed by atoms with Crippen LogP contribution in [0.15, 0.2) is 35.3 Å². The fourth-order valence-electron chi connectivity index (χ4n) is 2.81. The van der Waals surface area contributed by atoms with E-state index in [0.29, 0.717) is 11.0 Å². The number of rotatable bonds is 4. The molecular weight excluding hydrogens is 282 g/mol. The molecule has 22 heavy (non-hydrogen) atoms. The van der Waals surface area contributed by atoms with Gasteiger partial charge in [0.15, 0.2) is 0 Å². The zero-order chi connectivity index (χ0) is 15.5. The predicted molar refractivity (Wildman–Crippen MR) is 82.6 cm³/mol. The van der Waals surface area contributed by atoms with E-state index in [2.05, 4.69) is 10.3 Å². The molecule has 2 atom stereocenters. The average molecular weight is 301 g/mol. The van der Waals surface area contributed by atoms with Crippen molar-refractivity contribution in [1.29, 1.82) is 0 Å². The van der Waals surface area contributed by atoms with Crippen molar-refractivity contribution in [3.63, 3.8) is 0 Å². The molecule has 3 rings (SSSR count). The number of aromatic nitrogens is 2. The van der Waals surface area contributed by atoms with Gasteiger partial charge in [0.05, 0.1) is 29.4 Å². The first-order valence-electron chi connectivity index (χ1n) is 7.51. The van der Waals surface area contributed by atoms with Crippen molar-refractivity contribution in [3.05, 3.63) is 40.8 Å². The van der Waals surface area contributed by atoms with Crippen LogP contribution in [0.2, 0.25) is 0 Å². The average Bonchev–Trinajstić information content (AvgIpc) is 3.04. The van der Waals surface area contributed by atoms with Gasteiger partial charge in [-0.15, -0.1) is 0 Å². The van der Waals surface area contributed by atoms with Crippen LogP contribution in [0.1, 0.15) is 19.8 Å². The molecule has 1 aromatic heterocycles. The number of ether oxygens (including phenoxy) is 1. The molecule has 116 valence electrons. The lowest BCUT2D eigenvalue weighted by Crippen LogP contribution is -2.43. The molecule has 0 saturated carbocycles. The number of carbonyl (C=O) groups is 1. The van der Waals surface area contributed by atoms with Gasteiger partial charge in [-0.25, -0.2) is 4.98 Å². The molecule has 0 spiro atoms. The maximum Gasteiger partial charge on any atom is 0.269 e. The fourth-order valence-corrected chi connectivity index (χ4v) is 2.81. The van der Waals surface area contributed by atoms with Crippen LogP contribution >= 0.6 is 0 Å². The smallest absolute Gasteiger partial charge is 0.269 e. The lowest BCUT2D eigenvalue weighted by Gasteiger charge is -2.20. The lowest BCUT2D eigenvalue weighted by atomic mass is 10.1. The summed E-state index contributed by atoms with van der Waals surface area (Å²) in [5.74, 6) is -0.193. The van der Waals surface area contributed by atoms with Crippen molar-refractivity contribution >= 4 is 16.9 Å². The first-order valence-corrected chi connectivity index (χ1v) is 7.51. The third-order valence-corrected chi connectivity index (χ3v) is 3.97. The van der Waals surface area contributed by atoms with Crippen molar-refractivity contribution in [2.45, 2.75) is 38.5 Å². The SMILES string of the molecule is C[C@@H](NC(=O)Cn1c(=O)cnc2ccccc21)[C@@H]1CCCO1. The Hall–Kier alpha value is -2.21. The highest BCUT2D eigenvalue weighted by Crippen LogP contribution is 2.15. The summed E-state index contributed by atoms with van der Waals surface area (Å²) >= 11 is 0. The van der Waals surface area contributed by atoms with Gasteiger partial charge in [0.25, 0.3) is 5.56 Å². The summed E-state index contributed by atoms with van der Waals surface area (Å²) in [6, 6.07) is 7.23. The molecule has 0 bridgehead atoms. The van der Waals surface area contributed by atoms with Gasteiger partial charge in [0.1, 0.15) is 6.54 Å². The van der Waals surface area contributed by atoms with E-state index in [4.69, 9.17) is 4.74 Å². The van der Waals surface area contributed by atoms with Gasteiger partial charge in [-0.2, -0.15) is 0 Å². The number of nitrogens with one attached hydrogen (secondary N) is 1. The van der Waals surface area contributed by atoms with Crippen molar-refractivity contribution in [2.75, 3.05) is 6.61 Å². The Bertz CT molecular complexity index is 735. The quantitative estimate of drug-likeness (QED) is 0.917. The maximum atomic E-state index is 12.2. The molecule has 6 heteroatoms. The molecule has 1 fully saturated rings. The Kier molecular flexibility index (Phi) is 4.20. The molecule has 0 unspecified atom stereocenters. The molecule has 1 aliphatic heterocycles. The molecule has 1 aliphatic rings. The number of para-hydroxylation sites is 2. The molecule has 0 radical (unpaired) electrons. The monoisotopic (exact) mass is 301 g/mol. The topological polar surface area (TPSA) is 73.2 Å². The van der Waals surface area contributed by atoms with E-state index >= 15 is 0 Å². The molecule has 0 aliphatic carbocycles. The van der Waals surface area contributed by atoms with Crippen LogP contribution in [0.25, 0.3) is 11.0 Å². The summed E-state index contributed by atoms with van der Waals surface area (Å²) in [7, 11) is 0. The minimum absolute atomic E-state index is 0.0150. The summed E-state index contributed by atoms with van der Waals surface area (Å²) in [6.45, 7) is 2.67. The predicted octanol–water partition coefficient (Wildman–Crippen LogP) is 1.08. The molecular formula is C16H19N3O3. The first-order chi connectivity index (χ1) is 10.6. The van der Waals surface area contributed by atoms with Crippen molar-refractivity contribution in [3.8, 4) is 0 Å². The van der Waals surface area contributed by atoms with Crippen LogP contribution in [0.3, 0.4) is 0 Å². The number of hydrogen-bond acceptors (Lipinski definition) is 4. The summed E-state index contributed by atoms with van der Waals surface area (Å²) in [5.41, 5.74) is 1.08. The number of hydrogen-bond donors (Lipinski definition) is 1. The van der Waals surface area contributed by atoms with Crippen LogP contribution in [0.5, 0.6) is 0 Å². The summed E-state index contributed by atoms with van der Waals surface area (Å²) in [4.78, 5) is 28.3. The Morgan fingerprint density at radius 3 is 3.09 bits per heavy atom. The van der Waals surface area contributed by atoms with E-state index in [9.17, 15) is 9.59 Å². The molecule has 1 amide bonds. The highest BCUT2D eigenvalue weighted by molar-refractivity contribution is 5.80.